The average Bonchev–Trinajstić information content (AvgIpc) is 2.95. The minimum atomic E-state index is -0.317. The van der Waals surface area contributed by atoms with Crippen LogP contribution in [0.5, 0.6) is 0 Å². The second-order valence-electron chi connectivity index (χ2n) is 5.24. The Balaban J connectivity index is 1.88. The minimum Gasteiger partial charge on any atom is -0.369 e. The number of benzene rings is 1. The highest BCUT2D eigenvalue weighted by atomic mass is 16.2. The number of nitrogens with two attached hydrogens (primary N) is 1. The van der Waals surface area contributed by atoms with Crippen molar-refractivity contribution >= 4 is 22.7 Å². The van der Waals surface area contributed by atoms with Crippen molar-refractivity contribution in [1.29, 1.82) is 0 Å². The number of piperidine rings is 1. The Kier molecular flexibility index (Phi) is 3.18. The average molecular weight is 271 g/mol. The molecular formula is C15H17N3O2. The highest BCUT2D eigenvalue weighted by Gasteiger charge is 2.28. The van der Waals surface area contributed by atoms with Crippen LogP contribution in [0.4, 0.5) is 0 Å². The van der Waals surface area contributed by atoms with E-state index in [1.54, 1.807) is 4.90 Å². The van der Waals surface area contributed by atoms with Gasteiger partial charge >= 0.3 is 0 Å². The predicted octanol–water partition coefficient (Wildman–Crippen LogP) is 1.51. The molecule has 1 saturated heterocycles. The van der Waals surface area contributed by atoms with Gasteiger partial charge in [-0.2, -0.15) is 0 Å². The van der Waals surface area contributed by atoms with Crippen molar-refractivity contribution in [2.75, 3.05) is 13.1 Å². The zero-order valence-corrected chi connectivity index (χ0v) is 11.1. The quantitative estimate of drug-likeness (QED) is 0.868. The summed E-state index contributed by atoms with van der Waals surface area (Å²) in [6.07, 6.45) is 3.42. The molecule has 2 aromatic rings. The first kappa shape index (κ1) is 12.7. The molecule has 1 atom stereocenters. The number of hydrogen-bond acceptors (Lipinski definition) is 2. The molecule has 0 spiro atoms. The van der Waals surface area contributed by atoms with E-state index in [0.29, 0.717) is 18.7 Å². The third-order valence-electron chi connectivity index (χ3n) is 3.94. The molecule has 0 saturated carbocycles. The van der Waals surface area contributed by atoms with Gasteiger partial charge in [-0.3, -0.25) is 9.59 Å². The second-order valence-corrected chi connectivity index (χ2v) is 5.24. The maximum atomic E-state index is 12.6. The third kappa shape index (κ3) is 2.15. The summed E-state index contributed by atoms with van der Waals surface area (Å²) in [5.41, 5.74) is 6.98. The number of nitrogens with zero attached hydrogens (tertiary/aromatic N) is 1. The third-order valence-corrected chi connectivity index (χ3v) is 3.94. The second kappa shape index (κ2) is 5.00. The molecular weight excluding hydrogens is 254 g/mol. The number of amides is 2. The van der Waals surface area contributed by atoms with E-state index < -0.39 is 0 Å². The first-order chi connectivity index (χ1) is 9.66. The summed E-state index contributed by atoms with van der Waals surface area (Å²) in [5.74, 6) is -0.568. The molecule has 3 rings (SSSR count). The lowest BCUT2D eigenvalue weighted by Crippen LogP contribution is -2.44. The van der Waals surface area contributed by atoms with Gasteiger partial charge in [0, 0.05) is 35.8 Å². The van der Waals surface area contributed by atoms with Crippen LogP contribution in [0.3, 0.4) is 0 Å². The van der Waals surface area contributed by atoms with E-state index >= 15 is 0 Å². The van der Waals surface area contributed by atoms with E-state index in [1.807, 2.05) is 30.5 Å². The molecule has 1 aromatic carbocycles. The van der Waals surface area contributed by atoms with Gasteiger partial charge in [0.1, 0.15) is 0 Å². The number of hydrogen-bond donors (Lipinski definition) is 2. The van der Waals surface area contributed by atoms with Gasteiger partial charge in [0.25, 0.3) is 5.91 Å². The Labute approximate surface area is 116 Å². The number of primary amides is 1. The highest BCUT2D eigenvalue weighted by molar-refractivity contribution is 6.06. The molecule has 20 heavy (non-hydrogen) atoms. The van der Waals surface area contributed by atoms with Crippen molar-refractivity contribution in [1.82, 2.24) is 9.88 Å². The summed E-state index contributed by atoms with van der Waals surface area (Å²) >= 11 is 0. The zero-order chi connectivity index (χ0) is 14.1. The number of carbonyl (C=O) groups is 2. The molecule has 104 valence electrons. The van der Waals surface area contributed by atoms with Crippen molar-refractivity contribution in [2.45, 2.75) is 12.8 Å². The number of nitrogens with one attached hydrogen (secondary N) is 1. The van der Waals surface area contributed by atoms with Crippen LogP contribution in [-0.2, 0) is 4.79 Å². The molecule has 0 aliphatic carbocycles. The molecule has 0 bridgehead atoms. The summed E-state index contributed by atoms with van der Waals surface area (Å²) < 4.78 is 0. The molecule has 2 heterocycles. The standard InChI is InChI=1S/C15H17N3O2/c16-14(19)10-3-2-8-18(9-10)15(20)12-4-1-5-13-11(12)6-7-17-13/h1,4-7,10,17H,2-3,8-9H2,(H2,16,19)/t10-/m0/s1. The van der Waals surface area contributed by atoms with Gasteiger partial charge in [-0.25, -0.2) is 0 Å². The van der Waals surface area contributed by atoms with Crippen LogP contribution in [-0.4, -0.2) is 34.8 Å². The Morgan fingerprint density at radius 3 is 2.95 bits per heavy atom. The molecule has 1 fully saturated rings. The number of carbonyl (C=O) groups excluding carboxylic acids is 2. The van der Waals surface area contributed by atoms with Crippen molar-refractivity contribution in [3.8, 4) is 0 Å². The van der Waals surface area contributed by atoms with Gasteiger partial charge in [-0.15, -0.1) is 0 Å². The van der Waals surface area contributed by atoms with Crippen LogP contribution in [0, 0.1) is 5.92 Å². The molecule has 2 amide bonds. The molecule has 5 nitrogen and oxygen atoms in total. The summed E-state index contributed by atoms with van der Waals surface area (Å²) in [7, 11) is 0. The van der Waals surface area contributed by atoms with Crippen molar-refractivity contribution < 1.29 is 9.59 Å². The number of aromatic nitrogens is 1. The van der Waals surface area contributed by atoms with Crippen molar-refractivity contribution in [3.63, 3.8) is 0 Å². The number of H-pyrrole nitrogens is 1. The van der Waals surface area contributed by atoms with Gasteiger partial charge in [0.2, 0.25) is 5.91 Å². The fourth-order valence-corrected chi connectivity index (χ4v) is 2.84. The van der Waals surface area contributed by atoms with Crippen LogP contribution < -0.4 is 5.73 Å². The fourth-order valence-electron chi connectivity index (χ4n) is 2.84. The Morgan fingerprint density at radius 1 is 1.30 bits per heavy atom. The van der Waals surface area contributed by atoms with Gasteiger partial charge in [0.05, 0.1) is 5.92 Å². The molecule has 1 aliphatic heterocycles. The summed E-state index contributed by atoms with van der Waals surface area (Å²) in [4.78, 5) is 28.8. The lowest BCUT2D eigenvalue weighted by Gasteiger charge is -2.31. The zero-order valence-electron chi connectivity index (χ0n) is 11.1. The van der Waals surface area contributed by atoms with Crippen LogP contribution in [0.1, 0.15) is 23.2 Å². The molecule has 1 aromatic heterocycles. The first-order valence-corrected chi connectivity index (χ1v) is 6.81. The highest BCUT2D eigenvalue weighted by Crippen LogP contribution is 2.22. The maximum Gasteiger partial charge on any atom is 0.254 e. The fraction of sp³-hybridized carbons (Fsp3) is 0.333. The SMILES string of the molecule is NC(=O)[C@H]1CCCN(C(=O)c2cccc3[nH]ccc23)C1. The van der Waals surface area contributed by atoms with E-state index in [-0.39, 0.29) is 17.7 Å². The van der Waals surface area contributed by atoms with E-state index in [9.17, 15) is 9.59 Å². The summed E-state index contributed by atoms with van der Waals surface area (Å²) in [5, 5.41) is 0.915. The first-order valence-electron chi connectivity index (χ1n) is 6.81. The largest absolute Gasteiger partial charge is 0.369 e. The molecule has 1 aliphatic rings. The monoisotopic (exact) mass is 271 g/mol. The number of rotatable bonds is 2. The Hall–Kier alpha value is -2.30. The summed E-state index contributed by atoms with van der Waals surface area (Å²) in [6, 6.07) is 7.53. The van der Waals surface area contributed by atoms with E-state index in [2.05, 4.69) is 4.98 Å². The van der Waals surface area contributed by atoms with Crippen molar-refractivity contribution in [3.05, 3.63) is 36.0 Å². The number of fused-ring (bicyclic) bond motifs is 1. The van der Waals surface area contributed by atoms with Gasteiger partial charge in [-0.05, 0) is 31.0 Å². The summed E-state index contributed by atoms with van der Waals surface area (Å²) in [6.45, 7) is 1.11. The normalized spacial score (nSPS) is 19.2. The molecule has 0 unspecified atom stereocenters. The van der Waals surface area contributed by atoms with Crippen LogP contribution >= 0.6 is 0 Å². The topological polar surface area (TPSA) is 79.2 Å². The maximum absolute atomic E-state index is 12.6. The molecule has 3 N–H and O–H groups in total. The Morgan fingerprint density at radius 2 is 2.15 bits per heavy atom. The van der Waals surface area contributed by atoms with E-state index in [0.717, 1.165) is 23.7 Å². The lowest BCUT2D eigenvalue weighted by atomic mass is 9.96. The molecule has 0 radical (unpaired) electrons. The smallest absolute Gasteiger partial charge is 0.254 e. The number of aromatic amines is 1. The van der Waals surface area contributed by atoms with Crippen LogP contribution in [0.15, 0.2) is 30.5 Å². The molecule has 5 heteroatoms. The minimum absolute atomic E-state index is 0.0267. The number of likely N-dealkylation sites (tertiary alicyclic amines) is 1. The Bertz CT molecular complexity index is 662. The van der Waals surface area contributed by atoms with Crippen LogP contribution in [0.25, 0.3) is 10.9 Å². The predicted molar refractivity (Wildman–Crippen MR) is 76.1 cm³/mol. The van der Waals surface area contributed by atoms with E-state index in [1.165, 1.54) is 0 Å². The van der Waals surface area contributed by atoms with Crippen molar-refractivity contribution in [2.24, 2.45) is 11.7 Å². The lowest BCUT2D eigenvalue weighted by molar-refractivity contribution is -0.123. The van der Waals surface area contributed by atoms with Gasteiger partial charge in [-0.1, -0.05) is 6.07 Å². The van der Waals surface area contributed by atoms with Crippen LogP contribution in [0.2, 0.25) is 0 Å². The van der Waals surface area contributed by atoms with E-state index in [4.69, 9.17) is 5.73 Å². The van der Waals surface area contributed by atoms with Gasteiger partial charge in [0.15, 0.2) is 0 Å². The van der Waals surface area contributed by atoms with Gasteiger partial charge < -0.3 is 15.6 Å².